The first-order chi connectivity index (χ1) is 9.11. The molecule has 0 aromatic rings. The topological polar surface area (TPSA) is 49.8 Å². The first kappa shape index (κ1) is 15.6. The van der Waals surface area contributed by atoms with Gasteiger partial charge in [-0.2, -0.15) is 13.2 Å². The van der Waals surface area contributed by atoms with Crippen molar-refractivity contribution < 1.29 is 27.8 Å². The summed E-state index contributed by atoms with van der Waals surface area (Å²) in [6.07, 6.45) is -2.50. The molecule has 2 rings (SSSR count). The number of hydrogen-bond acceptors (Lipinski definition) is 4. The highest BCUT2D eigenvalue weighted by Gasteiger charge is 2.60. The largest absolute Gasteiger partial charge is 0.469 e. The Hall–Kier alpha value is -0.820. The molecule has 1 saturated heterocycles. The van der Waals surface area contributed by atoms with Crippen molar-refractivity contribution in [2.24, 2.45) is 11.3 Å². The number of esters is 1. The molecule has 0 unspecified atom stereocenters. The summed E-state index contributed by atoms with van der Waals surface area (Å²) in [5.74, 6) is -0.321. The Bertz CT molecular complexity index is 387. The summed E-state index contributed by atoms with van der Waals surface area (Å²) in [5.41, 5.74) is -2.77. The van der Waals surface area contributed by atoms with Crippen LogP contribution in [0.3, 0.4) is 0 Å². The molecule has 1 aliphatic carbocycles. The maximum absolute atomic E-state index is 12.6. The molecule has 0 bridgehead atoms. The second kappa shape index (κ2) is 4.87. The van der Waals surface area contributed by atoms with Gasteiger partial charge in [0, 0.05) is 6.54 Å². The highest BCUT2D eigenvalue weighted by Crippen LogP contribution is 2.59. The van der Waals surface area contributed by atoms with Crippen LogP contribution in [0.15, 0.2) is 0 Å². The van der Waals surface area contributed by atoms with Gasteiger partial charge in [0.1, 0.15) is 0 Å². The maximum Gasteiger partial charge on any atom is 0.418 e. The molecule has 7 heteroatoms. The van der Waals surface area contributed by atoms with E-state index in [1.807, 2.05) is 0 Å². The van der Waals surface area contributed by atoms with E-state index in [0.29, 0.717) is 25.9 Å². The first-order valence-corrected chi connectivity index (χ1v) is 6.71. The highest BCUT2D eigenvalue weighted by atomic mass is 19.4. The molecule has 0 radical (unpaired) electrons. The van der Waals surface area contributed by atoms with Crippen LogP contribution in [0, 0.1) is 11.3 Å². The second-order valence-corrected chi connectivity index (χ2v) is 6.19. The average Bonchev–Trinajstić information content (AvgIpc) is 3.04. The van der Waals surface area contributed by atoms with E-state index >= 15 is 0 Å². The number of β-amino-alcohol motifs (C(OH)–C–C–N with tert-alkyl or cyclic N) is 1. The van der Waals surface area contributed by atoms with Crippen molar-refractivity contribution in [3.8, 4) is 0 Å². The summed E-state index contributed by atoms with van der Waals surface area (Å²) in [7, 11) is 1.35. The van der Waals surface area contributed by atoms with E-state index in [1.165, 1.54) is 7.11 Å². The van der Waals surface area contributed by atoms with Gasteiger partial charge in [-0.05, 0) is 44.7 Å². The van der Waals surface area contributed by atoms with Gasteiger partial charge in [-0.25, -0.2) is 0 Å². The third-order valence-electron chi connectivity index (χ3n) is 4.67. The van der Waals surface area contributed by atoms with Crippen molar-refractivity contribution in [1.29, 1.82) is 0 Å². The number of rotatable bonds is 3. The zero-order chi connectivity index (χ0) is 15.2. The lowest BCUT2D eigenvalue weighted by atomic mass is 9.90. The summed E-state index contributed by atoms with van der Waals surface area (Å²) in [5, 5.41) is 9.49. The molecular formula is C13H20F3NO3. The fourth-order valence-electron chi connectivity index (χ4n) is 3.06. The molecule has 2 atom stereocenters. The molecule has 1 heterocycles. The normalized spacial score (nSPS) is 29.0. The van der Waals surface area contributed by atoms with E-state index in [4.69, 9.17) is 4.74 Å². The Morgan fingerprint density at radius 3 is 2.40 bits per heavy atom. The monoisotopic (exact) mass is 295 g/mol. The number of methoxy groups -OCH3 is 1. The van der Waals surface area contributed by atoms with Crippen LogP contribution in [0.1, 0.15) is 26.2 Å². The molecule has 0 aromatic heterocycles. The molecule has 1 N–H and O–H groups in total. The van der Waals surface area contributed by atoms with Crippen LogP contribution in [0.4, 0.5) is 13.2 Å². The summed E-state index contributed by atoms with van der Waals surface area (Å²) >= 11 is 0. The minimum atomic E-state index is -4.63. The Balaban J connectivity index is 1.86. The van der Waals surface area contributed by atoms with Crippen molar-refractivity contribution in [2.75, 3.05) is 26.7 Å². The Morgan fingerprint density at radius 2 is 1.95 bits per heavy atom. The number of likely N-dealkylation sites (tertiary alicyclic amines) is 1. The fraction of sp³-hybridized carbons (Fsp3) is 0.923. The first-order valence-electron chi connectivity index (χ1n) is 6.71. The number of alkyl halides is 3. The van der Waals surface area contributed by atoms with E-state index in [0.717, 1.165) is 13.3 Å². The molecule has 4 nitrogen and oxygen atoms in total. The number of carbonyl (C=O) groups is 1. The van der Waals surface area contributed by atoms with E-state index < -0.39 is 18.3 Å². The fourth-order valence-corrected chi connectivity index (χ4v) is 3.06. The molecule has 116 valence electrons. The van der Waals surface area contributed by atoms with Crippen LogP contribution >= 0.6 is 0 Å². The zero-order valence-corrected chi connectivity index (χ0v) is 11.7. The van der Waals surface area contributed by atoms with Gasteiger partial charge in [-0.1, -0.05) is 0 Å². The lowest BCUT2D eigenvalue weighted by molar-refractivity contribution is -0.258. The summed E-state index contributed by atoms with van der Waals surface area (Å²) < 4.78 is 42.6. The van der Waals surface area contributed by atoms with Crippen LogP contribution in [0.2, 0.25) is 0 Å². The van der Waals surface area contributed by atoms with E-state index in [-0.39, 0.29) is 17.3 Å². The van der Waals surface area contributed by atoms with Gasteiger partial charge in [0.2, 0.25) is 0 Å². The molecule has 2 aliphatic rings. The molecule has 1 spiro atoms. The Kier molecular flexibility index (Phi) is 3.79. The summed E-state index contributed by atoms with van der Waals surface area (Å²) in [4.78, 5) is 13.1. The lowest BCUT2D eigenvalue weighted by Crippen LogP contribution is -2.53. The van der Waals surface area contributed by atoms with Crippen LogP contribution in [0.25, 0.3) is 0 Å². The van der Waals surface area contributed by atoms with Crippen LogP contribution in [0.5, 0.6) is 0 Å². The quantitative estimate of drug-likeness (QED) is 0.803. The number of carbonyl (C=O) groups excluding carboxylic acids is 1. The molecule has 0 amide bonds. The van der Waals surface area contributed by atoms with E-state index in [1.54, 1.807) is 4.90 Å². The van der Waals surface area contributed by atoms with Crippen LogP contribution in [-0.4, -0.2) is 54.5 Å². The molecule has 1 aliphatic heterocycles. The van der Waals surface area contributed by atoms with E-state index in [2.05, 4.69) is 0 Å². The molecular weight excluding hydrogens is 275 g/mol. The minimum Gasteiger partial charge on any atom is -0.469 e. The van der Waals surface area contributed by atoms with Gasteiger partial charge in [-0.15, -0.1) is 0 Å². The van der Waals surface area contributed by atoms with E-state index in [9.17, 15) is 23.1 Å². The second-order valence-electron chi connectivity index (χ2n) is 6.19. The minimum absolute atomic E-state index is 0.0757. The lowest BCUT2D eigenvalue weighted by Gasteiger charge is -2.37. The average molecular weight is 295 g/mol. The third kappa shape index (κ3) is 2.79. The third-order valence-corrected chi connectivity index (χ3v) is 4.67. The summed E-state index contributed by atoms with van der Waals surface area (Å²) in [6, 6.07) is 0. The summed E-state index contributed by atoms with van der Waals surface area (Å²) in [6.45, 7) is 1.32. The van der Waals surface area contributed by atoms with Crippen LogP contribution in [-0.2, 0) is 9.53 Å². The Morgan fingerprint density at radius 1 is 1.40 bits per heavy atom. The van der Waals surface area contributed by atoms with Crippen molar-refractivity contribution >= 4 is 5.97 Å². The number of ether oxygens (including phenoxy) is 1. The predicted molar refractivity (Wildman–Crippen MR) is 64.9 cm³/mol. The van der Waals surface area contributed by atoms with Crippen molar-refractivity contribution in [3.63, 3.8) is 0 Å². The van der Waals surface area contributed by atoms with Crippen LogP contribution < -0.4 is 0 Å². The van der Waals surface area contributed by atoms with Crippen molar-refractivity contribution in [2.45, 2.75) is 38.0 Å². The molecule has 1 saturated carbocycles. The predicted octanol–water partition coefficient (Wildman–Crippen LogP) is 1.57. The highest BCUT2D eigenvalue weighted by molar-refractivity contribution is 5.76. The molecule has 0 aromatic carbocycles. The number of nitrogens with zero attached hydrogens (tertiary/aromatic N) is 1. The van der Waals surface area contributed by atoms with Gasteiger partial charge in [-0.3, -0.25) is 4.79 Å². The zero-order valence-electron chi connectivity index (χ0n) is 11.7. The number of piperidine rings is 1. The SMILES string of the molecule is COC(=O)[C@@H]1CC12CCN(C[C@@](C)(O)C(F)(F)F)CC2. The van der Waals surface area contributed by atoms with Gasteiger partial charge in [0.25, 0.3) is 0 Å². The van der Waals surface area contributed by atoms with Gasteiger partial charge < -0.3 is 14.7 Å². The Labute approximate surface area is 115 Å². The van der Waals surface area contributed by atoms with Crippen molar-refractivity contribution in [1.82, 2.24) is 4.90 Å². The standard InChI is InChI=1S/C13H20F3NO3/c1-11(19,13(14,15)16)8-17-5-3-12(4-6-17)7-9(12)10(18)20-2/h9,19H,3-8H2,1-2H3/t9-,11+/m0/s1. The molecule has 20 heavy (non-hydrogen) atoms. The van der Waals surface area contributed by atoms with Gasteiger partial charge in [0.15, 0.2) is 5.60 Å². The van der Waals surface area contributed by atoms with Crippen molar-refractivity contribution in [3.05, 3.63) is 0 Å². The van der Waals surface area contributed by atoms with Gasteiger partial charge in [0.05, 0.1) is 13.0 Å². The van der Waals surface area contributed by atoms with Gasteiger partial charge >= 0.3 is 12.1 Å². The number of hydrogen-bond donors (Lipinski definition) is 1. The number of halogens is 3. The number of aliphatic hydroxyl groups is 1. The smallest absolute Gasteiger partial charge is 0.418 e. The molecule has 2 fully saturated rings. The maximum atomic E-state index is 12.6.